The van der Waals surface area contributed by atoms with Crippen molar-refractivity contribution in [1.82, 2.24) is 9.78 Å². The maximum atomic E-state index is 7.25. The number of nitrogens with two attached hydrogens (primary N) is 1. The molecule has 0 atom stereocenters. The van der Waals surface area contributed by atoms with Crippen LogP contribution in [0.3, 0.4) is 0 Å². The van der Waals surface area contributed by atoms with Crippen LogP contribution in [0.4, 0.5) is 0 Å². The lowest BCUT2D eigenvalue weighted by atomic mass is 10.2. The molecule has 0 spiro atoms. The summed E-state index contributed by atoms with van der Waals surface area (Å²) < 4.78 is 1.76. The molecule has 0 unspecified atom stereocenters. The fourth-order valence-corrected chi connectivity index (χ4v) is 1.05. The second-order valence-corrected chi connectivity index (χ2v) is 3.21. The van der Waals surface area contributed by atoms with E-state index >= 15 is 0 Å². The average Bonchev–Trinajstić information content (AvgIpc) is 2.33. The second-order valence-electron chi connectivity index (χ2n) is 3.21. The van der Waals surface area contributed by atoms with E-state index in [0.29, 0.717) is 11.6 Å². The van der Waals surface area contributed by atoms with Crippen LogP contribution in [0.25, 0.3) is 0 Å². The van der Waals surface area contributed by atoms with Crippen molar-refractivity contribution >= 4 is 5.84 Å². The van der Waals surface area contributed by atoms with Gasteiger partial charge in [-0.1, -0.05) is 13.8 Å². The number of amidine groups is 1. The highest BCUT2D eigenvalue weighted by molar-refractivity contribution is 5.93. The fourth-order valence-electron chi connectivity index (χ4n) is 1.05. The Bertz CT molecular complexity index is 274. The van der Waals surface area contributed by atoms with Crippen LogP contribution in [0, 0.1) is 11.3 Å². The number of hydrogen-bond acceptors (Lipinski definition) is 2. The van der Waals surface area contributed by atoms with Crippen molar-refractivity contribution < 1.29 is 0 Å². The van der Waals surface area contributed by atoms with Crippen molar-refractivity contribution in [2.45, 2.75) is 20.4 Å². The van der Waals surface area contributed by atoms with Crippen molar-refractivity contribution in [3.63, 3.8) is 0 Å². The Balaban J connectivity index is 2.84. The quantitative estimate of drug-likeness (QED) is 0.515. The molecule has 66 valence electrons. The summed E-state index contributed by atoms with van der Waals surface area (Å²) in [5.74, 6) is 0.594. The van der Waals surface area contributed by atoms with Gasteiger partial charge in [-0.3, -0.25) is 10.1 Å². The number of rotatable bonds is 3. The third-order valence-corrected chi connectivity index (χ3v) is 1.53. The van der Waals surface area contributed by atoms with Gasteiger partial charge >= 0.3 is 0 Å². The monoisotopic (exact) mass is 166 g/mol. The van der Waals surface area contributed by atoms with E-state index in [0.717, 1.165) is 6.54 Å². The highest BCUT2D eigenvalue weighted by atomic mass is 15.3. The standard InChI is InChI=1S/C8H14N4/c1-6(2)5-12-7(8(9)10)3-4-11-12/h3-4,6H,5H2,1-2H3,(H3,9,10). The molecule has 4 heteroatoms. The lowest BCUT2D eigenvalue weighted by molar-refractivity contribution is 0.480. The minimum Gasteiger partial charge on any atom is -0.382 e. The summed E-state index contributed by atoms with van der Waals surface area (Å²) in [4.78, 5) is 0. The highest BCUT2D eigenvalue weighted by Crippen LogP contribution is 2.02. The Morgan fingerprint density at radius 2 is 2.42 bits per heavy atom. The smallest absolute Gasteiger partial charge is 0.141 e. The molecule has 0 aliphatic carbocycles. The van der Waals surface area contributed by atoms with Gasteiger partial charge in [-0.25, -0.2) is 0 Å². The Labute approximate surface area is 71.9 Å². The van der Waals surface area contributed by atoms with Crippen molar-refractivity contribution in [2.75, 3.05) is 0 Å². The van der Waals surface area contributed by atoms with Crippen molar-refractivity contribution in [3.8, 4) is 0 Å². The Hall–Kier alpha value is -1.32. The SMILES string of the molecule is CC(C)Cn1nccc1C(=N)N. The zero-order chi connectivity index (χ0) is 9.14. The van der Waals surface area contributed by atoms with Gasteiger partial charge in [0.1, 0.15) is 11.5 Å². The molecule has 4 nitrogen and oxygen atoms in total. The van der Waals surface area contributed by atoms with E-state index < -0.39 is 0 Å². The van der Waals surface area contributed by atoms with Gasteiger partial charge in [0.05, 0.1) is 0 Å². The van der Waals surface area contributed by atoms with Crippen molar-refractivity contribution in [2.24, 2.45) is 11.7 Å². The first-order chi connectivity index (χ1) is 5.61. The predicted molar refractivity (Wildman–Crippen MR) is 48.1 cm³/mol. The summed E-state index contributed by atoms with van der Waals surface area (Å²) in [6.07, 6.45) is 1.67. The summed E-state index contributed by atoms with van der Waals surface area (Å²) in [7, 11) is 0. The number of hydrogen-bond donors (Lipinski definition) is 2. The number of nitrogens with zero attached hydrogens (tertiary/aromatic N) is 2. The summed E-state index contributed by atoms with van der Waals surface area (Å²) >= 11 is 0. The molecule has 0 bridgehead atoms. The van der Waals surface area contributed by atoms with Gasteiger partial charge < -0.3 is 5.73 Å². The molecule has 0 saturated heterocycles. The topological polar surface area (TPSA) is 67.7 Å². The molecule has 1 aromatic rings. The molecule has 0 aromatic carbocycles. The number of nitrogen functional groups attached to an aromatic ring is 1. The number of aromatic nitrogens is 2. The summed E-state index contributed by atoms with van der Waals surface area (Å²) in [5, 5.41) is 11.3. The molecule has 1 heterocycles. The molecule has 0 aliphatic rings. The molecular formula is C8H14N4. The van der Waals surface area contributed by atoms with E-state index in [1.54, 1.807) is 16.9 Å². The van der Waals surface area contributed by atoms with Crippen LogP contribution in [-0.2, 0) is 6.54 Å². The van der Waals surface area contributed by atoms with Gasteiger partial charge in [-0.2, -0.15) is 5.10 Å². The number of nitrogens with one attached hydrogen (secondary N) is 1. The van der Waals surface area contributed by atoms with E-state index in [1.807, 2.05) is 0 Å². The molecule has 0 saturated carbocycles. The zero-order valence-electron chi connectivity index (χ0n) is 7.41. The first-order valence-corrected chi connectivity index (χ1v) is 3.97. The van der Waals surface area contributed by atoms with Crippen LogP contribution >= 0.6 is 0 Å². The molecule has 12 heavy (non-hydrogen) atoms. The minimum atomic E-state index is 0.0770. The van der Waals surface area contributed by atoms with Crippen LogP contribution in [0.1, 0.15) is 19.5 Å². The van der Waals surface area contributed by atoms with Crippen LogP contribution in [0.15, 0.2) is 12.3 Å². The lowest BCUT2D eigenvalue weighted by Gasteiger charge is -2.07. The van der Waals surface area contributed by atoms with E-state index in [4.69, 9.17) is 11.1 Å². The van der Waals surface area contributed by atoms with Gasteiger partial charge in [0, 0.05) is 12.7 Å². The zero-order valence-corrected chi connectivity index (χ0v) is 7.41. The van der Waals surface area contributed by atoms with Gasteiger partial charge in [0.25, 0.3) is 0 Å². The average molecular weight is 166 g/mol. The molecular weight excluding hydrogens is 152 g/mol. The molecule has 0 amide bonds. The largest absolute Gasteiger partial charge is 0.382 e. The third-order valence-electron chi connectivity index (χ3n) is 1.53. The molecule has 0 radical (unpaired) electrons. The van der Waals surface area contributed by atoms with Crippen molar-refractivity contribution in [1.29, 1.82) is 5.41 Å². The first kappa shape index (κ1) is 8.77. The van der Waals surface area contributed by atoms with E-state index in [1.165, 1.54) is 0 Å². The van der Waals surface area contributed by atoms with Gasteiger partial charge in [-0.05, 0) is 12.0 Å². The van der Waals surface area contributed by atoms with Crippen LogP contribution < -0.4 is 5.73 Å². The Kier molecular flexibility index (Phi) is 2.47. The molecule has 3 N–H and O–H groups in total. The maximum absolute atomic E-state index is 7.25. The van der Waals surface area contributed by atoms with E-state index in [9.17, 15) is 0 Å². The molecule has 1 aromatic heterocycles. The van der Waals surface area contributed by atoms with Gasteiger partial charge in [-0.15, -0.1) is 0 Å². The van der Waals surface area contributed by atoms with Crippen molar-refractivity contribution in [3.05, 3.63) is 18.0 Å². The fraction of sp³-hybridized carbons (Fsp3) is 0.500. The third kappa shape index (κ3) is 1.84. The minimum absolute atomic E-state index is 0.0770. The molecule has 0 aliphatic heterocycles. The van der Waals surface area contributed by atoms with Crippen LogP contribution in [0.5, 0.6) is 0 Å². The highest BCUT2D eigenvalue weighted by Gasteiger charge is 2.05. The summed E-state index contributed by atoms with van der Waals surface area (Å²) in [6.45, 7) is 5.01. The molecule has 0 fully saturated rings. The van der Waals surface area contributed by atoms with E-state index in [2.05, 4.69) is 18.9 Å². The maximum Gasteiger partial charge on any atom is 0.141 e. The molecule has 1 rings (SSSR count). The normalized spacial score (nSPS) is 10.6. The Morgan fingerprint density at radius 3 is 2.92 bits per heavy atom. The first-order valence-electron chi connectivity index (χ1n) is 3.97. The summed E-state index contributed by atoms with van der Waals surface area (Å²) in [6, 6.07) is 1.75. The lowest BCUT2D eigenvalue weighted by Crippen LogP contribution is -2.19. The second kappa shape index (κ2) is 3.38. The van der Waals surface area contributed by atoms with Gasteiger partial charge in [0.15, 0.2) is 0 Å². The predicted octanol–water partition coefficient (Wildman–Crippen LogP) is 0.823. The van der Waals surface area contributed by atoms with Crippen LogP contribution in [0.2, 0.25) is 0 Å². The van der Waals surface area contributed by atoms with E-state index in [-0.39, 0.29) is 5.84 Å². The van der Waals surface area contributed by atoms with Gasteiger partial charge in [0.2, 0.25) is 0 Å². The Morgan fingerprint density at radius 1 is 1.75 bits per heavy atom. The van der Waals surface area contributed by atoms with Crippen LogP contribution in [-0.4, -0.2) is 15.6 Å². The summed E-state index contributed by atoms with van der Waals surface area (Å²) in [5.41, 5.74) is 6.06.